The zero-order valence-electron chi connectivity index (χ0n) is 4.23. The van der Waals surface area contributed by atoms with Gasteiger partial charge >= 0.3 is 0 Å². The molecule has 6 heavy (non-hydrogen) atoms. The number of hydrogen-bond donors (Lipinski definition) is 1. The van der Waals surface area contributed by atoms with Gasteiger partial charge in [0.2, 0.25) is 0 Å². The van der Waals surface area contributed by atoms with E-state index in [4.69, 9.17) is 5.11 Å². The van der Waals surface area contributed by atoms with E-state index in [-0.39, 0.29) is 0 Å². The largest absolute Gasteiger partial charge is 0.396 e. The Morgan fingerprint density at radius 1 is 1.83 bits per heavy atom. The van der Waals surface area contributed by atoms with Crippen molar-refractivity contribution < 1.29 is 5.11 Å². The van der Waals surface area contributed by atoms with Gasteiger partial charge in [-0.1, -0.05) is 13.5 Å². The van der Waals surface area contributed by atoms with E-state index in [0.717, 1.165) is 9.52 Å². The molecule has 36 valence electrons. The minimum Gasteiger partial charge on any atom is -0.396 e. The van der Waals surface area contributed by atoms with Crippen molar-refractivity contribution in [2.24, 2.45) is 0 Å². The molecule has 1 N–H and O–H groups in total. The van der Waals surface area contributed by atoms with Gasteiger partial charge in [-0.05, 0) is 5.54 Å². The molecule has 0 spiro atoms. The monoisotopic (exact) mass is 102 g/mol. The zero-order valence-corrected chi connectivity index (χ0v) is 5.23. The third kappa shape index (κ3) is 2.42. The Labute approximate surface area is 41.2 Å². The summed E-state index contributed by atoms with van der Waals surface area (Å²) in [6.45, 7) is 4.48. The summed E-state index contributed by atoms with van der Waals surface area (Å²) in [5.74, 6) is 0. The van der Waals surface area contributed by atoms with E-state index in [1.54, 1.807) is 0 Å². The molecule has 0 aromatic rings. The number of rotatable bonds is 2. The highest BCUT2D eigenvalue weighted by atomic mass is 28.2. The third-order valence-electron chi connectivity index (χ3n) is 0.767. The van der Waals surface area contributed by atoms with Crippen LogP contribution in [0.5, 0.6) is 0 Å². The first-order chi connectivity index (χ1) is 2.81. The van der Waals surface area contributed by atoms with Crippen LogP contribution in [-0.2, 0) is 0 Å². The third-order valence-corrected chi connectivity index (χ3v) is 1.93. The SMILES string of the molecule is C[Si]C(C)CO. The maximum Gasteiger partial charge on any atom is 0.0428 e. The van der Waals surface area contributed by atoms with Crippen molar-refractivity contribution in [1.29, 1.82) is 0 Å². The van der Waals surface area contributed by atoms with Crippen LogP contribution in [-0.4, -0.2) is 21.2 Å². The van der Waals surface area contributed by atoms with Crippen molar-refractivity contribution in [3.05, 3.63) is 0 Å². The van der Waals surface area contributed by atoms with E-state index >= 15 is 0 Å². The second kappa shape index (κ2) is 3.37. The van der Waals surface area contributed by atoms with Crippen molar-refractivity contribution in [2.45, 2.75) is 19.0 Å². The molecule has 0 aromatic carbocycles. The van der Waals surface area contributed by atoms with Crippen molar-refractivity contribution in [3.8, 4) is 0 Å². The Hall–Kier alpha value is 0.177. The maximum atomic E-state index is 8.34. The number of aliphatic hydroxyl groups is 1. The van der Waals surface area contributed by atoms with Gasteiger partial charge in [0.05, 0.1) is 0 Å². The molecule has 0 rings (SSSR count). The summed E-state index contributed by atoms with van der Waals surface area (Å²) in [5.41, 5.74) is 0.519. The Kier molecular flexibility index (Phi) is 3.47. The number of hydrogen-bond acceptors (Lipinski definition) is 1. The van der Waals surface area contributed by atoms with E-state index in [0.29, 0.717) is 12.1 Å². The highest BCUT2D eigenvalue weighted by Crippen LogP contribution is 1.94. The molecule has 0 fully saturated rings. The molecule has 0 aliphatic rings. The fourth-order valence-corrected chi connectivity index (χ4v) is 0.274. The topological polar surface area (TPSA) is 20.2 Å². The first kappa shape index (κ1) is 6.18. The van der Waals surface area contributed by atoms with Gasteiger partial charge < -0.3 is 5.11 Å². The highest BCUT2D eigenvalue weighted by Gasteiger charge is 1.91. The molecule has 0 bridgehead atoms. The lowest BCUT2D eigenvalue weighted by atomic mass is 10.5. The van der Waals surface area contributed by atoms with Gasteiger partial charge in [0.25, 0.3) is 0 Å². The van der Waals surface area contributed by atoms with Gasteiger partial charge in [0.15, 0.2) is 0 Å². The van der Waals surface area contributed by atoms with Gasteiger partial charge in [0.1, 0.15) is 0 Å². The van der Waals surface area contributed by atoms with Gasteiger partial charge in [-0.2, -0.15) is 0 Å². The molecule has 0 saturated carbocycles. The minimum atomic E-state index is 0.342. The van der Waals surface area contributed by atoms with E-state index in [2.05, 4.69) is 6.55 Å². The van der Waals surface area contributed by atoms with Crippen LogP contribution in [0.1, 0.15) is 6.92 Å². The van der Waals surface area contributed by atoms with E-state index < -0.39 is 0 Å². The second-order valence-corrected chi connectivity index (χ2v) is 2.94. The molecule has 0 amide bonds. The summed E-state index contributed by atoms with van der Waals surface area (Å²) in [6.07, 6.45) is 0. The minimum absolute atomic E-state index is 0.342. The normalized spacial score (nSPS) is 14.5. The molecule has 0 aromatic heterocycles. The summed E-state index contributed by atoms with van der Waals surface area (Å²) in [6, 6.07) is 0. The van der Waals surface area contributed by atoms with Crippen LogP contribution in [0.2, 0.25) is 12.1 Å². The lowest BCUT2D eigenvalue weighted by molar-refractivity contribution is 0.294. The zero-order chi connectivity index (χ0) is 4.99. The summed E-state index contributed by atoms with van der Waals surface area (Å²) < 4.78 is 0. The summed E-state index contributed by atoms with van der Waals surface area (Å²) in [4.78, 5) is 0. The number of aliphatic hydroxyl groups excluding tert-OH is 1. The lowest BCUT2D eigenvalue weighted by Crippen LogP contribution is -1.98. The molecule has 1 nitrogen and oxygen atoms in total. The molecule has 0 saturated heterocycles. The fourth-order valence-electron chi connectivity index (χ4n) is 0.0913. The first-order valence-corrected chi connectivity index (χ1v) is 3.67. The second-order valence-electron chi connectivity index (χ2n) is 1.37. The maximum absolute atomic E-state index is 8.34. The van der Waals surface area contributed by atoms with Crippen molar-refractivity contribution in [2.75, 3.05) is 6.61 Å². The molecular formula is C4H10OSi. The van der Waals surface area contributed by atoms with Crippen molar-refractivity contribution in [1.82, 2.24) is 0 Å². The predicted molar refractivity (Wildman–Crippen MR) is 28.1 cm³/mol. The molecule has 0 aliphatic heterocycles. The van der Waals surface area contributed by atoms with Crippen LogP contribution in [0, 0.1) is 0 Å². The molecule has 1 unspecified atom stereocenters. The Morgan fingerprint density at radius 2 is 2.33 bits per heavy atom. The van der Waals surface area contributed by atoms with Crippen LogP contribution in [0.4, 0.5) is 0 Å². The Morgan fingerprint density at radius 3 is 2.33 bits per heavy atom. The first-order valence-electron chi connectivity index (χ1n) is 2.09. The van der Waals surface area contributed by atoms with Gasteiger partial charge in [0, 0.05) is 16.1 Å². The van der Waals surface area contributed by atoms with Crippen LogP contribution in [0.25, 0.3) is 0 Å². The summed E-state index contributed by atoms with van der Waals surface area (Å²) in [7, 11) is 0.882. The quantitative estimate of drug-likeness (QED) is 0.504. The molecule has 2 radical (unpaired) electrons. The van der Waals surface area contributed by atoms with E-state index in [1.165, 1.54) is 0 Å². The standard InChI is InChI=1S/C4H10OSi/c1-4(3-5)6-2/h4-5H,3H2,1-2H3. The van der Waals surface area contributed by atoms with Gasteiger partial charge in [-0.15, -0.1) is 0 Å². The molecular weight excluding hydrogens is 92.1 g/mol. The van der Waals surface area contributed by atoms with Crippen LogP contribution >= 0.6 is 0 Å². The fraction of sp³-hybridized carbons (Fsp3) is 1.00. The van der Waals surface area contributed by atoms with E-state index in [1.807, 2.05) is 6.92 Å². The summed E-state index contributed by atoms with van der Waals surface area (Å²) in [5, 5.41) is 8.34. The molecule has 0 heterocycles. The van der Waals surface area contributed by atoms with Crippen molar-refractivity contribution >= 4 is 9.52 Å². The van der Waals surface area contributed by atoms with E-state index in [9.17, 15) is 0 Å². The predicted octanol–water partition coefficient (Wildman–Crippen LogP) is 0.539. The average Bonchev–Trinajstić information content (AvgIpc) is 1.65. The average molecular weight is 102 g/mol. The molecule has 1 atom stereocenters. The Bertz CT molecular complexity index is 26.7. The Balaban J connectivity index is 2.75. The van der Waals surface area contributed by atoms with Gasteiger partial charge in [-0.3, -0.25) is 0 Å². The van der Waals surface area contributed by atoms with Crippen molar-refractivity contribution in [3.63, 3.8) is 0 Å². The van der Waals surface area contributed by atoms with Crippen LogP contribution < -0.4 is 0 Å². The lowest BCUT2D eigenvalue weighted by Gasteiger charge is -1.96. The molecule has 0 aliphatic carbocycles. The van der Waals surface area contributed by atoms with Gasteiger partial charge in [-0.25, -0.2) is 0 Å². The highest BCUT2D eigenvalue weighted by molar-refractivity contribution is 6.35. The van der Waals surface area contributed by atoms with Crippen LogP contribution in [0.3, 0.4) is 0 Å². The summed E-state index contributed by atoms with van der Waals surface area (Å²) >= 11 is 0. The van der Waals surface area contributed by atoms with Crippen LogP contribution in [0.15, 0.2) is 0 Å². The smallest absolute Gasteiger partial charge is 0.0428 e. The molecule has 2 heteroatoms.